The summed E-state index contributed by atoms with van der Waals surface area (Å²) >= 11 is 0. The molecule has 2 nitrogen and oxygen atoms in total. The summed E-state index contributed by atoms with van der Waals surface area (Å²) in [5.41, 5.74) is 6.36. The highest BCUT2D eigenvalue weighted by molar-refractivity contribution is 4.94. The Labute approximate surface area is 68.7 Å². The second-order valence-corrected chi connectivity index (χ2v) is 4.37. The third-order valence-corrected chi connectivity index (χ3v) is 3.49. The lowest BCUT2D eigenvalue weighted by Crippen LogP contribution is -2.44. The van der Waals surface area contributed by atoms with Crippen LogP contribution in [0.15, 0.2) is 0 Å². The topological polar surface area (TPSA) is 29.3 Å². The molecular weight excluding hydrogens is 136 g/mol. The van der Waals surface area contributed by atoms with Gasteiger partial charge in [-0.2, -0.15) is 0 Å². The minimum atomic E-state index is 0.130. The second-order valence-electron chi connectivity index (χ2n) is 4.37. The van der Waals surface area contributed by atoms with Gasteiger partial charge in [-0.15, -0.1) is 0 Å². The van der Waals surface area contributed by atoms with Crippen molar-refractivity contribution in [2.75, 3.05) is 19.6 Å². The first-order chi connectivity index (χ1) is 5.18. The molecule has 3 heterocycles. The molecule has 1 atom stereocenters. The fraction of sp³-hybridized carbons (Fsp3) is 1.00. The van der Waals surface area contributed by atoms with Crippen molar-refractivity contribution in [2.24, 2.45) is 11.7 Å². The van der Waals surface area contributed by atoms with Crippen molar-refractivity contribution in [2.45, 2.75) is 31.7 Å². The molecular formula is C9H18N2. The Morgan fingerprint density at radius 1 is 1.27 bits per heavy atom. The fourth-order valence-corrected chi connectivity index (χ4v) is 2.42. The molecule has 0 aromatic heterocycles. The van der Waals surface area contributed by atoms with Crippen LogP contribution in [0.4, 0.5) is 0 Å². The molecule has 2 bridgehead atoms. The summed E-state index contributed by atoms with van der Waals surface area (Å²) in [7, 11) is 0. The van der Waals surface area contributed by atoms with E-state index >= 15 is 0 Å². The van der Waals surface area contributed by atoms with Crippen LogP contribution < -0.4 is 5.73 Å². The lowest BCUT2D eigenvalue weighted by atomic mass is 9.80. The molecule has 2 N–H and O–H groups in total. The zero-order valence-corrected chi connectivity index (χ0v) is 7.34. The maximum absolute atomic E-state index is 6.23. The quantitative estimate of drug-likeness (QED) is 0.559. The lowest BCUT2D eigenvalue weighted by Gasteiger charge is -2.33. The molecule has 0 spiro atoms. The van der Waals surface area contributed by atoms with Crippen molar-refractivity contribution >= 4 is 0 Å². The summed E-state index contributed by atoms with van der Waals surface area (Å²) in [6.07, 6.45) is 3.84. The molecule has 3 aliphatic rings. The average molecular weight is 154 g/mol. The van der Waals surface area contributed by atoms with Crippen LogP contribution in [0, 0.1) is 5.92 Å². The Hall–Kier alpha value is -0.0800. The van der Waals surface area contributed by atoms with Crippen LogP contribution in [0.25, 0.3) is 0 Å². The molecule has 0 saturated carbocycles. The third-order valence-electron chi connectivity index (χ3n) is 3.49. The van der Waals surface area contributed by atoms with E-state index in [2.05, 4.69) is 11.8 Å². The normalized spacial score (nSPS) is 50.7. The van der Waals surface area contributed by atoms with Gasteiger partial charge in [0.25, 0.3) is 0 Å². The number of fused-ring (bicyclic) bond motifs is 4. The largest absolute Gasteiger partial charge is 0.325 e. The Bertz CT molecular complexity index is 146. The molecule has 64 valence electrons. The van der Waals surface area contributed by atoms with Gasteiger partial charge in [0.05, 0.1) is 0 Å². The van der Waals surface area contributed by atoms with Crippen molar-refractivity contribution in [1.29, 1.82) is 0 Å². The van der Waals surface area contributed by atoms with Gasteiger partial charge in [-0.1, -0.05) is 0 Å². The van der Waals surface area contributed by atoms with Gasteiger partial charge in [0.1, 0.15) is 0 Å². The Balaban J connectivity index is 2.15. The van der Waals surface area contributed by atoms with Crippen LogP contribution in [0.2, 0.25) is 0 Å². The molecule has 0 aliphatic carbocycles. The molecule has 0 aromatic carbocycles. The summed E-state index contributed by atoms with van der Waals surface area (Å²) in [4.78, 5) is 2.55. The van der Waals surface area contributed by atoms with Crippen LogP contribution in [-0.4, -0.2) is 30.1 Å². The van der Waals surface area contributed by atoms with E-state index in [1.165, 1.54) is 38.9 Å². The summed E-state index contributed by atoms with van der Waals surface area (Å²) in [6, 6.07) is 0. The summed E-state index contributed by atoms with van der Waals surface area (Å²) in [6.45, 7) is 6.03. The number of hydrogen-bond donors (Lipinski definition) is 1. The molecule has 0 amide bonds. The molecule has 0 radical (unpaired) electrons. The zero-order valence-electron chi connectivity index (χ0n) is 7.34. The highest BCUT2D eigenvalue weighted by atomic mass is 15.1. The molecule has 2 heteroatoms. The van der Waals surface area contributed by atoms with Gasteiger partial charge in [-0.05, 0) is 51.7 Å². The van der Waals surface area contributed by atoms with Gasteiger partial charge < -0.3 is 10.6 Å². The first kappa shape index (κ1) is 7.56. The van der Waals surface area contributed by atoms with E-state index in [0.29, 0.717) is 0 Å². The first-order valence-corrected chi connectivity index (χ1v) is 4.70. The van der Waals surface area contributed by atoms with Gasteiger partial charge in [0.2, 0.25) is 0 Å². The summed E-state index contributed by atoms with van der Waals surface area (Å²) in [5, 5.41) is 0. The molecule has 3 rings (SSSR count). The second kappa shape index (κ2) is 2.46. The highest BCUT2D eigenvalue weighted by Crippen LogP contribution is 2.32. The van der Waals surface area contributed by atoms with Crippen LogP contribution in [0.5, 0.6) is 0 Å². The first-order valence-electron chi connectivity index (χ1n) is 4.70. The lowest BCUT2D eigenvalue weighted by molar-refractivity contribution is 0.202. The summed E-state index contributed by atoms with van der Waals surface area (Å²) < 4.78 is 0. The monoisotopic (exact) mass is 154 g/mol. The Kier molecular flexibility index (Phi) is 1.69. The van der Waals surface area contributed by atoms with Crippen LogP contribution >= 0.6 is 0 Å². The van der Waals surface area contributed by atoms with Crippen LogP contribution in [0.3, 0.4) is 0 Å². The molecule has 3 saturated heterocycles. The van der Waals surface area contributed by atoms with Crippen LogP contribution in [-0.2, 0) is 0 Å². The number of hydrogen-bond acceptors (Lipinski definition) is 2. The Morgan fingerprint density at radius 3 is 2.55 bits per heavy atom. The van der Waals surface area contributed by atoms with Gasteiger partial charge in [0.15, 0.2) is 0 Å². The minimum Gasteiger partial charge on any atom is -0.325 e. The van der Waals surface area contributed by atoms with Crippen molar-refractivity contribution in [3.8, 4) is 0 Å². The third kappa shape index (κ3) is 1.30. The SMILES string of the molecule is CC1(N)CCN2CCC1CC2. The predicted octanol–water partition coefficient (Wildman–Crippen LogP) is 0.820. The molecule has 1 unspecified atom stereocenters. The Morgan fingerprint density at radius 2 is 1.91 bits per heavy atom. The van der Waals surface area contributed by atoms with Gasteiger partial charge >= 0.3 is 0 Å². The van der Waals surface area contributed by atoms with E-state index in [4.69, 9.17) is 5.73 Å². The highest BCUT2D eigenvalue weighted by Gasteiger charge is 2.36. The van der Waals surface area contributed by atoms with Crippen LogP contribution in [0.1, 0.15) is 26.2 Å². The zero-order chi connectivity index (χ0) is 7.90. The van der Waals surface area contributed by atoms with Crippen molar-refractivity contribution in [3.63, 3.8) is 0 Å². The maximum Gasteiger partial charge on any atom is 0.0167 e. The molecule has 3 aliphatic heterocycles. The van der Waals surface area contributed by atoms with E-state index in [0.717, 1.165) is 5.92 Å². The number of nitrogens with two attached hydrogens (primary N) is 1. The maximum atomic E-state index is 6.23. The van der Waals surface area contributed by atoms with E-state index in [9.17, 15) is 0 Å². The number of rotatable bonds is 0. The average Bonchev–Trinajstić information content (AvgIpc) is 2.21. The van der Waals surface area contributed by atoms with Gasteiger partial charge in [-0.3, -0.25) is 0 Å². The standard InChI is InChI=1S/C9H18N2/c1-9(10)4-7-11-5-2-8(9)3-6-11/h8H,2-7,10H2,1H3. The predicted molar refractivity (Wildman–Crippen MR) is 46.4 cm³/mol. The minimum absolute atomic E-state index is 0.130. The van der Waals surface area contributed by atoms with Gasteiger partial charge in [0, 0.05) is 5.54 Å². The smallest absolute Gasteiger partial charge is 0.0167 e. The van der Waals surface area contributed by atoms with E-state index in [-0.39, 0.29) is 5.54 Å². The van der Waals surface area contributed by atoms with Crippen molar-refractivity contribution < 1.29 is 0 Å². The van der Waals surface area contributed by atoms with Gasteiger partial charge in [-0.25, -0.2) is 0 Å². The van der Waals surface area contributed by atoms with E-state index in [1.54, 1.807) is 0 Å². The van der Waals surface area contributed by atoms with Crippen molar-refractivity contribution in [3.05, 3.63) is 0 Å². The molecule has 3 fully saturated rings. The number of nitrogens with zero attached hydrogens (tertiary/aromatic N) is 1. The summed E-state index contributed by atoms with van der Waals surface area (Å²) in [5.74, 6) is 0.793. The fourth-order valence-electron chi connectivity index (χ4n) is 2.42. The number of piperidine rings is 1. The van der Waals surface area contributed by atoms with E-state index < -0.39 is 0 Å². The van der Waals surface area contributed by atoms with Crippen molar-refractivity contribution in [1.82, 2.24) is 4.90 Å². The van der Waals surface area contributed by atoms with E-state index in [1.807, 2.05) is 0 Å². The molecule has 0 aromatic rings. The molecule has 11 heavy (non-hydrogen) atoms.